The van der Waals surface area contributed by atoms with E-state index >= 15 is 0 Å². The molecule has 0 aromatic rings. The standard InChI is InChI=1S/C8H13O/c1-7(2)5-4-6-8(3)9/h1H,4-6H2,2-3H3/q+1. The maximum absolute atomic E-state index is 10.4. The molecule has 0 aliphatic rings. The van der Waals surface area contributed by atoms with Crippen molar-refractivity contribution < 1.29 is 4.79 Å². The SMILES string of the molecule is [CH+]=C(C)CCCC(C)=O. The van der Waals surface area contributed by atoms with E-state index in [9.17, 15) is 4.79 Å². The normalized spacial score (nSPS) is 9.00. The van der Waals surface area contributed by atoms with E-state index in [1.165, 1.54) is 0 Å². The van der Waals surface area contributed by atoms with Crippen molar-refractivity contribution in [2.75, 3.05) is 0 Å². The minimum atomic E-state index is 0.247. The molecule has 0 amide bonds. The maximum atomic E-state index is 10.4. The summed E-state index contributed by atoms with van der Waals surface area (Å²) < 4.78 is 0. The lowest BCUT2D eigenvalue weighted by molar-refractivity contribution is -0.117. The molecule has 50 valence electrons. The summed E-state index contributed by atoms with van der Waals surface area (Å²) >= 11 is 0. The molecule has 0 atom stereocenters. The summed E-state index contributed by atoms with van der Waals surface area (Å²) in [6.45, 7) is 8.86. The van der Waals surface area contributed by atoms with Crippen LogP contribution in [0.1, 0.15) is 33.1 Å². The van der Waals surface area contributed by atoms with Gasteiger partial charge in [-0.3, -0.25) is 0 Å². The van der Waals surface area contributed by atoms with Crippen LogP contribution < -0.4 is 0 Å². The first kappa shape index (κ1) is 8.32. The van der Waals surface area contributed by atoms with Crippen LogP contribution in [0.2, 0.25) is 0 Å². The van der Waals surface area contributed by atoms with E-state index in [1.54, 1.807) is 6.92 Å². The van der Waals surface area contributed by atoms with Gasteiger partial charge < -0.3 is 4.79 Å². The fourth-order valence-corrected chi connectivity index (χ4v) is 0.616. The smallest absolute Gasteiger partial charge is 0.204 e. The Morgan fingerprint density at radius 1 is 1.33 bits per heavy atom. The third-order valence-electron chi connectivity index (χ3n) is 1.10. The first-order chi connectivity index (χ1) is 4.13. The third-order valence-corrected chi connectivity index (χ3v) is 1.10. The lowest BCUT2D eigenvalue weighted by Gasteiger charge is -1.89. The van der Waals surface area contributed by atoms with Crippen molar-refractivity contribution in [1.82, 2.24) is 0 Å². The Kier molecular flexibility index (Phi) is 3.90. The number of rotatable bonds is 4. The van der Waals surface area contributed by atoms with Gasteiger partial charge in [0.05, 0.1) is 0 Å². The van der Waals surface area contributed by atoms with Gasteiger partial charge in [0, 0.05) is 19.8 Å². The van der Waals surface area contributed by atoms with E-state index in [0.717, 1.165) is 18.4 Å². The van der Waals surface area contributed by atoms with Gasteiger partial charge in [-0.25, -0.2) is 0 Å². The zero-order valence-corrected chi connectivity index (χ0v) is 6.11. The number of allylic oxidation sites excluding steroid dienone is 1. The van der Waals surface area contributed by atoms with Gasteiger partial charge >= 0.3 is 0 Å². The van der Waals surface area contributed by atoms with Gasteiger partial charge in [-0.15, -0.1) is 0 Å². The van der Waals surface area contributed by atoms with Crippen LogP contribution in [0.25, 0.3) is 0 Å². The Morgan fingerprint density at radius 2 is 1.89 bits per heavy atom. The second-order valence-electron chi connectivity index (χ2n) is 2.40. The minimum Gasteiger partial charge on any atom is -0.300 e. The van der Waals surface area contributed by atoms with Crippen LogP contribution in [0.3, 0.4) is 0 Å². The topological polar surface area (TPSA) is 17.1 Å². The molecular weight excluding hydrogens is 112 g/mol. The molecule has 9 heavy (non-hydrogen) atoms. The van der Waals surface area contributed by atoms with Crippen LogP contribution in [-0.4, -0.2) is 5.78 Å². The van der Waals surface area contributed by atoms with Crippen molar-refractivity contribution in [2.45, 2.75) is 33.1 Å². The van der Waals surface area contributed by atoms with Crippen LogP contribution in [0.15, 0.2) is 5.57 Å². The highest BCUT2D eigenvalue weighted by Gasteiger charge is 1.97. The molecule has 0 N–H and O–H groups in total. The Balaban J connectivity index is 3.10. The number of hydrogen-bond donors (Lipinski definition) is 0. The van der Waals surface area contributed by atoms with E-state index in [4.69, 9.17) is 6.58 Å². The first-order valence-corrected chi connectivity index (χ1v) is 3.20. The number of carbonyl (C=O) groups is 1. The average molecular weight is 125 g/mol. The van der Waals surface area contributed by atoms with Crippen molar-refractivity contribution in [2.24, 2.45) is 0 Å². The second kappa shape index (κ2) is 4.22. The summed E-state index contributed by atoms with van der Waals surface area (Å²) in [4.78, 5) is 10.4. The molecule has 0 radical (unpaired) electrons. The highest BCUT2D eigenvalue weighted by Crippen LogP contribution is 2.02. The molecule has 1 nitrogen and oxygen atoms in total. The van der Waals surface area contributed by atoms with E-state index in [2.05, 4.69) is 0 Å². The van der Waals surface area contributed by atoms with Gasteiger partial charge in [-0.1, -0.05) is 0 Å². The fourth-order valence-electron chi connectivity index (χ4n) is 0.616. The molecule has 0 bridgehead atoms. The molecule has 0 rings (SSSR count). The summed E-state index contributed by atoms with van der Waals surface area (Å²) in [7, 11) is 0. The molecule has 0 aromatic carbocycles. The molecule has 0 unspecified atom stereocenters. The van der Waals surface area contributed by atoms with Gasteiger partial charge in [0.1, 0.15) is 5.78 Å². The van der Waals surface area contributed by atoms with Crippen LogP contribution in [-0.2, 0) is 4.79 Å². The quantitative estimate of drug-likeness (QED) is 0.526. The van der Waals surface area contributed by atoms with Crippen molar-refractivity contribution in [3.63, 3.8) is 0 Å². The zero-order valence-electron chi connectivity index (χ0n) is 6.11. The largest absolute Gasteiger partial charge is 0.300 e. The number of hydrogen-bond acceptors (Lipinski definition) is 1. The molecule has 0 aliphatic carbocycles. The Morgan fingerprint density at radius 3 is 2.22 bits per heavy atom. The van der Waals surface area contributed by atoms with Crippen LogP contribution >= 0.6 is 0 Å². The van der Waals surface area contributed by atoms with Crippen LogP contribution in [0.4, 0.5) is 0 Å². The molecule has 0 spiro atoms. The molecule has 0 aliphatic heterocycles. The van der Waals surface area contributed by atoms with Gasteiger partial charge in [0.15, 0.2) is 5.57 Å². The predicted molar refractivity (Wildman–Crippen MR) is 38.0 cm³/mol. The van der Waals surface area contributed by atoms with Crippen LogP contribution in [0, 0.1) is 6.58 Å². The highest BCUT2D eigenvalue weighted by molar-refractivity contribution is 5.75. The average Bonchev–Trinajstić information content (AvgIpc) is 1.63. The number of ketones is 1. The summed E-state index contributed by atoms with van der Waals surface area (Å²) in [6.07, 6.45) is 2.44. The summed E-state index contributed by atoms with van der Waals surface area (Å²) in [5.41, 5.74) is 0.913. The fraction of sp³-hybridized carbons (Fsp3) is 0.625. The van der Waals surface area contributed by atoms with Gasteiger partial charge in [0.25, 0.3) is 0 Å². The van der Waals surface area contributed by atoms with Crippen molar-refractivity contribution in [3.05, 3.63) is 12.2 Å². The molecule has 1 heteroatoms. The lowest BCUT2D eigenvalue weighted by Crippen LogP contribution is -1.88. The van der Waals surface area contributed by atoms with E-state index in [0.29, 0.717) is 6.42 Å². The summed E-state index contributed by atoms with van der Waals surface area (Å²) in [5, 5.41) is 0. The van der Waals surface area contributed by atoms with E-state index in [1.807, 2.05) is 6.92 Å². The number of Topliss-reactive ketones (excluding diaryl/α,β-unsaturated/α-hetero) is 1. The van der Waals surface area contributed by atoms with Crippen LogP contribution in [0.5, 0.6) is 0 Å². The molecule has 0 heterocycles. The molecule has 0 aromatic heterocycles. The lowest BCUT2D eigenvalue weighted by atomic mass is 10.1. The van der Waals surface area contributed by atoms with Gasteiger partial charge in [0.2, 0.25) is 6.58 Å². The monoisotopic (exact) mass is 125 g/mol. The Bertz CT molecular complexity index is 99.7. The molecule has 0 saturated carbocycles. The van der Waals surface area contributed by atoms with Crippen molar-refractivity contribution >= 4 is 5.78 Å². The second-order valence-corrected chi connectivity index (χ2v) is 2.40. The van der Waals surface area contributed by atoms with Crippen molar-refractivity contribution in [1.29, 1.82) is 0 Å². The molecule has 0 fully saturated rings. The number of carbonyl (C=O) groups excluding carboxylic acids is 1. The van der Waals surface area contributed by atoms with Gasteiger partial charge in [-0.2, -0.15) is 0 Å². The minimum absolute atomic E-state index is 0.247. The van der Waals surface area contributed by atoms with Gasteiger partial charge in [-0.05, 0) is 13.3 Å². The highest BCUT2D eigenvalue weighted by atomic mass is 16.1. The summed E-state index contributed by atoms with van der Waals surface area (Å²) in [5.74, 6) is 0.247. The third kappa shape index (κ3) is 7.32. The van der Waals surface area contributed by atoms with E-state index in [-0.39, 0.29) is 5.78 Å². The Hall–Kier alpha value is -0.680. The predicted octanol–water partition coefficient (Wildman–Crippen LogP) is 2.12. The summed E-state index contributed by atoms with van der Waals surface area (Å²) in [6, 6.07) is 0. The maximum Gasteiger partial charge on any atom is 0.204 e. The zero-order chi connectivity index (χ0) is 7.28. The van der Waals surface area contributed by atoms with E-state index < -0.39 is 0 Å². The Labute approximate surface area is 56.8 Å². The first-order valence-electron chi connectivity index (χ1n) is 3.20. The molecule has 0 saturated heterocycles. The van der Waals surface area contributed by atoms with Crippen molar-refractivity contribution in [3.8, 4) is 0 Å². The molecular formula is C8H13O+.